The third-order valence-corrected chi connectivity index (χ3v) is 12.6. The fraction of sp³-hybridized carbons (Fsp3) is 0.390. The highest BCUT2D eigenvalue weighted by Gasteiger charge is 2.56. The van der Waals surface area contributed by atoms with Gasteiger partial charge in [0.25, 0.3) is 12.0 Å². The van der Waals surface area contributed by atoms with E-state index < -0.39 is 17.7 Å². The number of amides is 1. The molecule has 3 aromatic heterocycles. The van der Waals surface area contributed by atoms with E-state index in [1.54, 1.807) is 13.2 Å². The first kappa shape index (κ1) is 36.1. The van der Waals surface area contributed by atoms with Crippen LogP contribution in [-0.4, -0.2) is 50.8 Å². The number of hydrogen-bond acceptors (Lipinski definition) is 8. The number of methoxy groups -OCH3 is 1. The topological polar surface area (TPSA) is 128 Å². The Morgan fingerprint density at radius 1 is 1.07 bits per heavy atom. The summed E-state index contributed by atoms with van der Waals surface area (Å²) in [6.45, 7) is 4.53. The van der Waals surface area contributed by atoms with Gasteiger partial charge in [-0.3, -0.25) is 14.5 Å². The average Bonchev–Trinajstić information content (AvgIpc) is 3.74. The Kier molecular flexibility index (Phi) is 9.16. The second-order valence-corrected chi connectivity index (χ2v) is 15.6. The molecule has 280 valence electrons. The van der Waals surface area contributed by atoms with E-state index in [1.807, 2.05) is 37.3 Å². The number of nitrogens with two attached hydrogens (primary N) is 1. The minimum absolute atomic E-state index is 0.0233. The number of ether oxygens (including phenoxy) is 1. The molecule has 2 saturated carbocycles. The van der Waals surface area contributed by atoms with Crippen molar-refractivity contribution in [2.24, 2.45) is 23.6 Å². The van der Waals surface area contributed by atoms with Crippen LogP contribution in [0, 0.1) is 17.8 Å². The molecule has 54 heavy (non-hydrogen) atoms. The number of carbonyl (C=O) groups is 1. The van der Waals surface area contributed by atoms with E-state index in [4.69, 9.17) is 27.1 Å². The number of primary amides is 1. The molecule has 2 bridgehead atoms. The zero-order valence-corrected chi connectivity index (χ0v) is 31.3. The van der Waals surface area contributed by atoms with Crippen molar-refractivity contribution in [3.8, 4) is 28.3 Å². The molecule has 1 amide bonds. The van der Waals surface area contributed by atoms with Crippen molar-refractivity contribution in [2.45, 2.75) is 64.8 Å². The molecule has 2 aromatic carbocycles. The maximum Gasteiger partial charge on any atom is 0.280 e. The number of halogens is 3. The lowest BCUT2D eigenvalue weighted by Gasteiger charge is -2.33. The fourth-order valence-electron chi connectivity index (χ4n) is 9.10. The van der Waals surface area contributed by atoms with E-state index in [2.05, 4.69) is 26.4 Å². The number of rotatable bonds is 10. The van der Waals surface area contributed by atoms with Gasteiger partial charge in [-0.2, -0.15) is 5.10 Å². The van der Waals surface area contributed by atoms with E-state index in [-0.39, 0.29) is 33.3 Å². The lowest BCUT2D eigenvalue weighted by molar-refractivity contribution is -0.127. The predicted molar refractivity (Wildman–Crippen MR) is 205 cm³/mol. The molecular weight excluding hydrogens is 712 g/mol. The lowest BCUT2D eigenvalue weighted by Crippen LogP contribution is -2.34. The molecule has 1 aliphatic heterocycles. The zero-order valence-electron chi connectivity index (χ0n) is 30.5. The molecule has 4 heterocycles. The molecule has 0 saturated heterocycles. The van der Waals surface area contributed by atoms with Crippen LogP contribution in [-0.2, 0) is 24.8 Å². The van der Waals surface area contributed by atoms with Gasteiger partial charge in [-0.1, -0.05) is 41.9 Å². The largest absolute Gasteiger partial charge is 0.481 e. The van der Waals surface area contributed by atoms with Gasteiger partial charge in [0.2, 0.25) is 11.8 Å². The normalized spacial score (nSPS) is 20.8. The monoisotopic (exact) mass is 753 g/mol. The maximum absolute atomic E-state index is 13.9. The molecule has 3 N–H and O–H groups in total. The SMILES string of the molecule is COc1nc(-c2cccc(-c3cccc(Nc4nc(C(F)F)cc5cnn(C)c(=O)c45)c3C)c2Cl)cc2c1CCN(CCC13CCC(C(N)=O)(CC1)C3)C2. The first-order valence-electron chi connectivity index (χ1n) is 18.3. The summed E-state index contributed by atoms with van der Waals surface area (Å²) in [4.78, 5) is 36.9. The standard InChI is InChI=1S/C41H42ClF2N7O3/c1-23-26(6-5-9-30(23)47-36-33-24(18-32(48-36)35(43)44)20-46-50(2)38(33)52)28-7-4-8-29(34(28)42)31-19-25-21-51(16-10-27(25)37(49-31)54-3)17-15-40-11-13-41(22-40,14-12-40)39(45)53/h4-9,18-20,35H,10-17,21-22H2,1-3H3,(H2,45,53)(H,47,48). The summed E-state index contributed by atoms with van der Waals surface area (Å²) in [5.41, 5.74) is 11.5. The molecule has 10 nitrogen and oxygen atoms in total. The number of nitrogens with zero attached hydrogens (tertiary/aromatic N) is 5. The van der Waals surface area contributed by atoms with Gasteiger partial charge < -0.3 is 15.8 Å². The van der Waals surface area contributed by atoms with Gasteiger partial charge in [0.15, 0.2) is 0 Å². The minimum atomic E-state index is -2.84. The van der Waals surface area contributed by atoms with Crippen molar-refractivity contribution in [2.75, 3.05) is 25.5 Å². The van der Waals surface area contributed by atoms with E-state index >= 15 is 0 Å². The van der Waals surface area contributed by atoms with E-state index in [0.29, 0.717) is 22.3 Å². The predicted octanol–water partition coefficient (Wildman–Crippen LogP) is 7.89. The number of benzene rings is 2. The van der Waals surface area contributed by atoms with Crippen molar-refractivity contribution in [1.82, 2.24) is 24.6 Å². The summed E-state index contributed by atoms with van der Waals surface area (Å²) in [6, 6.07) is 14.7. The molecule has 2 fully saturated rings. The Bertz CT molecular complexity index is 2370. The Morgan fingerprint density at radius 2 is 1.81 bits per heavy atom. The second kappa shape index (κ2) is 13.7. The van der Waals surface area contributed by atoms with Crippen LogP contribution in [0.3, 0.4) is 0 Å². The summed E-state index contributed by atoms with van der Waals surface area (Å²) in [5, 5.41) is 8.11. The van der Waals surface area contributed by atoms with Crippen LogP contribution >= 0.6 is 11.6 Å². The minimum Gasteiger partial charge on any atom is -0.481 e. The summed E-state index contributed by atoms with van der Waals surface area (Å²) < 4.78 is 34.7. The van der Waals surface area contributed by atoms with Crippen LogP contribution in [0.1, 0.15) is 67.3 Å². The number of hydrogen-bond donors (Lipinski definition) is 2. The number of pyridine rings is 2. The van der Waals surface area contributed by atoms with Crippen LogP contribution in [0.4, 0.5) is 20.3 Å². The van der Waals surface area contributed by atoms with Gasteiger partial charge in [0.05, 0.1) is 29.4 Å². The van der Waals surface area contributed by atoms with Gasteiger partial charge in [0.1, 0.15) is 11.5 Å². The Balaban J connectivity index is 1.09. The number of anilines is 2. The number of carbonyl (C=O) groups excluding carboxylic acids is 1. The van der Waals surface area contributed by atoms with Crippen molar-refractivity contribution in [3.05, 3.63) is 92.5 Å². The Labute approximate surface area is 316 Å². The third-order valence-electron chi connectivity index (χ3n) is 12.2. The van der Waals surface area contributed by atoms with Crippen LogP contribution in [0.25, 0.3) is 33.2 Å². The molecule has 3 aliphatic rings. The summed E-state index contributed by atoms with van der Waals surface area (Å²) >= 11 is 7.24. The Morgan fingerprint density at radius 3 is 2.54 bits per heavy atom. The lowest BCUT2D eigenvalue weighted by atomic mass is 9.80. The number of alkyl halides is 2. The number of aromatic nitrogens is 4. The molecule has 8 rings (SSSR count). The quantitative estimate of drug-likeness (QED) is 0.147. The molecule has 0 unspecified atom stereocenters. The number of aryl methyl sites for hydroxylation is 1. The molecule has 13 heteroatoms. The maximum atomic E-state index is 13.9. The smallest absolute Gasteiger partial charge is 0.280 e. The van der Waals surface area contributed by atoms with E-state index in [0.717, 1.165) is 103 Å². The van der Waals surface area contributed by atoms with Crippen molar-refractivity contribution in [1.29, 1.82) is 0 Å². The van der Waals surface area contributed by atoms with Crippen LogP contribution in [0.15, 0.2) is 59.5 Å². The average molecular weight is 754 g/mol. The highest BCUT2D eigenvalue weighted by atomic mass is 35.5. The molecule has 0 atom stereocenters. The highest BCUT2D eigenvalue weighted by Crippen LogP contribution is 2.63. The van der Waals surface area contributed by atoms with E-state index in [9.17, 15) is 18.4 Å². The van der Waals surface area contributed by atoms with Gasteiger partial charge in [-0.05, 0) is 98.7 Å². The first-order chi connectivity index (χ1) is 25.9. The van der Waals surface area contributed by atoms with E-state index in [1.165, 1.54) is 19.3 Å². The summed E-state index contributed by atoms with van der Waals surface area (Å²) in [5.74, 6) is 0.489. The van der Waals surface area contributed by atoms with Crippen molar-refractivity contribution < 1.29 is 18.3 Å². The summed E-state index contributed by atoms with van der Waals surface area (Å²) in [7, 11) is 3.14. The third kappa shape index (κ3) is 6.18. The van der Waals surface area contributed by atoms with Crippen LogP contribution in [0.5, 0.6) is 5.88 Å². The van der Waals surface area contributed by atoms with Gasteiger partial charge in [0, 0.05) is 53.3 Å². The highest BCUT2D eigenvalue weighted by molar-refractivity contribution is 6.36. The van der Waals surface area contributed by atoms with Gasteiger partial charge >= 0.3 is 0 Å². The molecule has 0 spiro atoms. The Hall–Kier alpha value is -4.94. The number of nitrogens with one attached hydrogen (secondary N) is 1. The second-order valence-electron chi connectivity index (χ2n) is 15.3. The van der Waals surface area contributed by atoms with Crippen molar-refractivity contribution >= 4 is 39.8 Å². The van der Waals surface area contributed by atoms with Crippen molar-refractivity contribution in [3.63, 3.8) is 0 Å². The molecular formula is C41H42ClF2N7O3. The fourth-order valence-corrected chi connectivity index (χ4v) is 9.42. The van der Waals surface area contributed by atoms with Crippen LogP contribution < -0.4 is 21.3 Å². The first-order valence-corrected chi connectivity index (χ1v) is 18.7. The van der Waals surface area contributed by atoms with Gasteiger partial charge in [-0.15, -0.1) is 0 Å². The summed E-state index contributed by atoms with van der Waals surface area (Å²) in [6.07, 6.45) is 5.34. The molecule has 2 aliphatic carbocycles. The van der Waals surface area contributed by atoms with Gasteiger partial charge in [-0.25, -0.2) is 23.4 Å². The number of fused-ring (bicyclic) bond motifs is 4. The van der Waals surface area contributed by atoms with Crippen LogP contribution in [0.2, 0.25) is 5.02 Å². The zero-order chi connectivity index (χ0) is 37.9. The molecule has 5 aromatic rings. The molecule has 0 radical (unpaired) electrons.